The van der Waals surface area contributed by atoms with Crippen LogP contribution in [0, 0.1) is 0 Å². The molecule has 0 spiro atoms. The van der Waals surface area contributed by atoms with Crippen LogP contribution in [0.4, 0.5) is 0 Å². The summed E-state index contributed by atoms with van der Waals surface area (Å²) in [5.74, 6) is 0. The van der Waals surface area contributed by atoms with Gasteiger partial charge in [-0.3, -0.25) is 0 Å². The molecular weight excluding hydrogens is 234 g/mol. The van der Waals surface area contributed by atoms with Gasteiger partial charge >= 0.3 is 0 Å². The van der Waals surface area contributed by atoms with Crippen molar-refractivity contribution in [2.75, 3.05) is 0 Å². The summed E-state index contributed by atoms with van der Waals surface area (Å²) in [7, 11) is 0. The zero-order valence-corrected chi connectivity index (χ0v) is 10.2. The summed E-state index contributed by atoms with van der Waals surface area (Å²) in [5, 5.41) is 4.31. The Balaban J connectivity index is 2.11. The van der Waals surface area contributed by atoms with Gasteiger partial charge in [0.2, 0.25) is 0 Å². The highest BCUT2D eigenvalue weighted by atomic mass is 15.2. The molecule has 0 saturated carbocycles. The second-order valence-corrected chi connectivity index (χ2v) is 4.48. The van der Waals surface area contributed by atoms with Gasteiger partial charge in [-0.1, -0.05) is 48.6 Å². The molecule has 0 saturated heterocycles. The Kier molecular flexibility index (Phi) is 2.12. The highest BCUT2D eigenvalue weighted by Crippen LogP contribution is 2.32. The lowest BCUT2D eigenvalue weighted by atomic mass is 10.0. The summed E-state index contributed by atoms with van der Waals surface area (Å²) < 4.78 is 1.90. The summed E-state index contributed by atoms with van der Waals surface area (Å²) in [6.07, 6.45) is 11.8. The van der Waals surface area contributed by atoms with Gasteiger partial charge in [0.1, 0.15) is 6.33 Å². The molecule has 0 radical (unpaired) electrons. The molecule has 0 bridgehead atoms. The van der Waals surface area contributed by atoms with Gasteiger partial charge in [0.25, 0.3) is 0 Å². The molecule has 3 heteroatoms. The normalized spacial score (nSPS) is 12.8. The molecular formula is C16H11N3. The van der Waals surface area contributed by atoms with Crippen molar-refractivity contribution in [3.8, 4) is 11.1 Å². The Labute approximate surface area is 110 Å². The predicted octanol–water partition coefficient (Wildman–Crippen LogP) is 3.44. The van der Waals surface area contributed by atoms with Gasteiger partial charge in [0.15, 0.2) is 0 Å². The van der Waals surface area contributed by atoms with E-state index < -0.39 is 0 Å². The van der Waals surface area contributed by atoms with Crippen molar-refractivity contribution in [1.29, 1.82) is 0 Å². The minimum atomic E-state index is 0.956. The second kappa shape index (κ2) is 3.92. The average molecular weight is 245 g/mol. The first-order chi connectivity index (χ1) is 9.43. The first-order valence-corrected chi connectivity index (χ1v) is 6.20. The average Bonchev–Trinajstić information content (AvgIpc) is 2.69. The van der Waals surface area contributed by atoms with E-state index in [1.165, 1.54) is 16.7 Å². The van der Waals surface area contributed by atoms with Crippen LogP contribution in [0.3, 0.4) is 0 Å². The Hall–Kier alpha value is -2.68. The lowest BCUT2D eigenvalue weighted by molar-refractivity contribution is 0.899. The monoisotopic (exact) mass is 245 g/mol. The van der Waals surface area contributed by atoms with E-state index in [1.54, 1.807) is 6.33 Å². The van der Waals surface area contributed by atoms with E-state index in [2.05, 4.69) is 46.6 Å². The van der Waals surface area contributed by atoms with E-state index in [9.17, 15) is 0 Å². The number of allylic oxidation sites excluding steroid dienone is 2. The van der Waals surface area contributed by atoms with Crippen LogP contribution in [0.15, 0.2) is 55.0 Å². The number of nitrogens with zero attached hydrogens (tertiary/aromatic N) is 3. The van der Waals surface area contributed by atoms with Crippen LogP contribution in [-0.4, -0.2) is 14.6 Å². The highest BCUT2D eigenvalue weighted by Gasteiger charge is 2.14. The fourth-order valence-electron chi connectivity index (χ4n) is 2.50. The first-order valence-electron chi connectivity index (χ1n) is 6.20. The van der Waals surface area contributed by atoms with Crippen molar-refractivity contribution in [3.63, 3.8) is 0 Å². The van der Waals surface area contributed by atoms with Crippen molar-refractivity contribution in [2.45, 2.75) is 0 Å². The van der Waals surface area contributed by atoms with Crippen LogP contribution < -0.4 is 0 Å². The first kappa shape index (κ1) is 10.3. The van der Waals surface area contributed by atoms with Gasteiger partial charge in [-0.2, -0.15) is 5.10 Å². The molecule has 3 nitrogen and oxygen atoms in total. The van der Waals surface area contributed by atoms with Crippen molar-refractivity contribution in [1.82, 2.24) is 14.6 Å². The fourth-order valence-corrected chi connectivity index (χ4v) is 2.50. The Morgan fingerprint density at radius 3 is 2.68 bits per heavy atom. The van der Waals surface area contributed by atoms with E-state index >= 15 is 0 Å². The molecule has 1 aliphatic carbocycles. The number of hydrogen-bond acceptors (Lipinski definition) is 2. The SMILES string of the molecule is C1=Cc2ncnn3cc(-c4ccccc4)c(c23)C=C1. The quantitative estimate of drug-likeness (QED) is 0.657. The molecule has 0 amide bonds. The Bertz CT molecular complexity index is 811. The molecule has 2 heterocycles. The number of aromatic nitrogens is 3. The van der Waals surface area contributed by atoms with Crippen LogP contribution in [0.25, 0.3) is 28.8 Å². The van der Waals surface area contributed by atoms with Gasteiger partial charge in [0.05, 0.1) is 11.2 Å². The van der Waals surface area contributed by atoms with Crippen LogP contribution >= 0.6 is 0 Å². The van der Waals surface area contributed by atoms with E-state index in [0.29, 0.717) is 0 Å². The summed E-state index contributed by atoms with van der Waals surface area (Å²) in [6.45, 7) is 0. The summed E-state index contributed by atoms with van der Waals surface area (Å²) in [4.78, 5) is 4.35. The van der Waals surface area contributed by atoms with E-state index in [-0.39, 0.29) is 0 Å². The van der Waals surface area contributed by atoms with Crippen LogP contribution in [0.2, 0.25) is 0 Å². The molecule has 3 aromatic rings. The van der Waals surface area contributed by atoms with Crippen LogP contribution in [0.1, 0.15) is 11.3 Å². The number of benzene rings is 1. The minimum absolute atomic E-state index is 0.956. The summed E-state index contributed by atoms with van der Waals surface area (Å²) >= 11 is 0. The molecule has 0 fully saturated rings. The lowest BCUT2D eigenvalue weighted by Gasteiger charge is -2.00. The van der Waals surface area contributed by atoms with Gasteiger partial charge in [-0.25, -0.2) is 9.50 Å². The Morgan fingerprint density at radius 1 is 0.947 bits per heavy atom. The third kappa shape index (κ3) is 1.52. The van der Waals surface area contributed by atoms with Crippen molar-refractivity contribution in [2.24, 2.45) is 0 Å². The topological polar surface area (TPSA) is 30.2 Å². The zero-order valence-electron chi connectivity index (χ0n) is 10.2. The predicted molar refractivity (Wildman–Crippen MR) is 76.5 cm³/mol. The lowest BCUT2D eigenvalue weighted by Crippen LogP contribution is -1.94. The third-order valence-electron chi connectivity index (χ3n) is 3.35. The highest BCUT2D eigenvalue weighted by molar-refractivity contribution is 5.90. The van der Waals surface area contributed by atoms with Crippen LogP contribution in [0.5, 0.6) is 0 Å². The standard InChI is InChI=1S/C16H11N3/c1-2-6-12(7-3-1)14-10-19-16-13(14)8-4-5-9-15(16)17-11-18-19/h1-11H. The molecule has 0 unspecified atom stereocenters. The molecule has 0 N–H and O–H groups in total. The molecule has 1 aromatic carbocycles. The fraction of sp³-hybridized carbons (Fsp3) is 0. The second-order valence-electron chi connectivity index (χ2n) is 4.48. The Morgan fingerprint density at radius 2 is 1.79 bits per heavy atom. The van der Waals surface area contributed by atoms with Gasteiger partial charge in [-0.05, 0) is 11.6 Å². The molecule has 4 rings (SSSR count). The number of hydrogen-bond donors (Lipinski definition) is 0. The molecule has 90 valence electrons. The maximum atomic E-state index is 4.35. The van der Waals surface area contributed by atoms with E-state index in [4.69, 9.17) is 0 Å². The smallest absolute Gasteiger partial charge is 0.137 e. The molecule has 1 aliphatic rings. The molecule has 0 atom stereocenters. The summed E-state index contributed by atoms with van der Waals surface area (Å²) in [5.41, 5.74) is 5.57. The maximum Gasteiger partial charge on any atom is 0.137 e. The molecule has 19 heavy (non-hydrogen) atoms. The zero-order chi connectivity index (χ0) is 12.7. The van der Waals surface area contributed by atoms with Crippen molar-refractivity contribution < 1.29 is 0 Å². The number of rotatable bonds is 1. The molecule has 0 aliphatic heterocycles. The van der Waals surface area contributed by atoms with Crippen molar-refractivity contribution >= 4 is 17.7 Å². The van der Waals surface area contributed by atoms with E-state index in [1.807, 2.05) is 28.8 Å². The van der Waals surface area contributed by atoms with Crippen LogP contribution in [-0.2, 0) is 0 Å². The van der Waals surface area contributed by atoms with Gasteiger partial charge in [0, 0.05) is 17.3 Å². The third-order valence-corrected chi connectivity index (χ3v) is 3.35. The maximum absolute atomic E-state index is 4.35. The largest absolute Gasteiger partial charge is 0.236 e. The van der Waals surface area contributed by atoms with E-state index in [0.717, 1.165) is 11.2 Å². The van der Waals surface area contributed by atoms with Gasteiger partial charge < -0.3 is 0 Å². The summed E-state index contributed by atoms with van der Waals surface area (Å²) in [6, 6.07) is 10.4. The molecule has 2 aromatic heterocycles. The van der Waals surface area contributed by atoms with Crippen molar-refractivity contribution in [3.05, 3.63) is 66.3 Å². The van der Waals surface area contributed by atoms with Gasteiger partial charge in [-0.15, -0.1) is 0 Å². The minimum Gasteiger partial charge on any atom is -0.236 e.